The molecule has 0 bridgehead atoms. The molecule has 5 rings (SSSR count). The molecular formula is C26H27ClN4O2. The summed E-state index contributed by atoms with van der Waals surface area (Å²) in [6.07, 6.45) is 7.28. The highest BCUT2D eigenvalue weighted by atomic mass is 35.5. The van der Waals surface area contributed by atoms with Crippen LogP contribution in [0.2, 0.25) is 5.02 Å². The van der Waals surface area contributed by atoms with Gasteiger partial charge in [-0.2, -0.15) is 0 Å². The molecule has 0 spiro atoms. The summed E-state index contributed by atoms with van der Waals surface area (Å²) in [7, 11) is 0. The number of aliphatic hydroxyl groups is 1. The van der Waals surface area contributed by atoms with E-state index in [9.17, 15) is 5.11 Å². The predicted molar refractivity (Wildman–Crippen MR) is 131 cm³/mol. The van der Waals surface area contributed by atoms with E-state index in [1.54, 1.807) is 6.33 Å². The lowest BCUT2D eigenvalue weighted by Gasteiger charge is -2.34. The largest absolute Gasteiger partial charge is 0.489 e. The minimum absolute atomic E-state index is 0.189. The number of nitrogens with one attached hydrogen (secondary N) is 1. The van der Waals surface area contributed by atoms with Gasteiger partial charge in [-0.1, -0.05) is 42.6 Å². The van der Waals surface area contributed by atoms with Crippen LogP contribution in [0.4, 0.5) is 11.5 Å². The average molecular weight is 463 g/mol. The molecule has 7 heteroatoms. The number of fused-ring (bicyclic) bond motifs is 1. The maximum Gasteiger partial charge on any atom is 0.145 e. The van der Waals surface area contributed by atoms with Crippen molar-refractivity contribution in [3.05, 3.63) is 77.7 Å². The lowest BCUT2D eigenvalue weighted by molar-refractivity contribution is 0.0742. The van der Waals surface area contributed by atoms with Crippen LogP contribution in [-0.4, -0.2) is 32.7 Å². The molecule has 2 N–H and O–H groups in total. The van der Waals surface area contributed by atoms with Crippen molar-refractivity contribution >= 4 is 34.1 Å². The Labute approximate surface area is 198 Å². The van der Waals surface area contributed by atoms with Gasteiger partial charge in [0.05, 0.1) is 11.5 Å². The molecule has 0 aliphatic heterocycles. The maximum absolute atomic E-state index is 10.7. The standard InChI is InChI=1S/C26H27ClN4O2/c27-20-7-4-9-22(14-20)33-16-18-5-3-8-21(13-18)31(15-19-6-1-2-10-24(19)32)26-23-11-12-28-25(23)29-17-30-26/h3-5,7-9,11-14,17,19,24,32H,1-2,6,10,15-16H2,(H,28,29,30). The molecule has 0 saturated heterocycles. The molecule has 0 amide bonds. The number of hydrogen-bond donors (Lipinski definition) is 2. The zero-order chi connectivity index (χ0) is 22.6. The van der Waals surface area contributed by atoms with E-state index in [1.807, 2.05) is 48.7 Å². The number of anilines is 2. The smallest absolute Gasteiger partial charge is 0.145 e. The first-order chi connectivity index (χ1) is 16.2. The van der Waals surface area contributed by atoms with Gasteiger partial charge in [-0.3, -0.25) is 0 Å². The monoisotopic (exact) mass is 462 g/mol. The highest BCUT2D eigenvalue weighted by molar-refractivity contribution is 6.30. The molecule has 2 aromatic heterocycles. The second kappa shape index (κ2) is 9.81. The number of ether oxygens (including phenoxy) is 1. The fourth-order valence-electron chi connectivity index (χ4n) is 4.56. The Bertz CT molecular complexity index is 1230. The predicted octanol–water partition coefficient (Wildman–Crippen LogP) is 5.88. The first-order valence-corrected chi connectivity index (χ1v) is 11.8. The van der Waals surface area contributed by atoms with Gasteiger partial charge in [-0.25, -0.2) is 9.97 Å². The minimum atomic E-state index is -0.292. The van der Waals surface area contributed by atoms with E-state index in [-0.39, 0.29) is 12.0 Å². The van der Waals surface area contributed by atoms with Gasteiger partial charge in [0.1, 0.15) is 30.1 Å². The SMILES string of the molecule is OC1CCCCC1CN(c1cccc(COc2cccc(Cl)c2)c1)c1ncnc2[nH]ccc12. The van der Waals surface area contributed by atoms with Crippen LogP contribution in [0.15, 0.2) is 67.1 Å². The van der Waals surface area contributed by atoms with Crippen LogP contribution in [0.25, 0.3) is 11.0 Å². The first kappa shape index (κ1) is 21.7. The van der Waals surface area contributed by atoms with E-state index < -0.39 is 0 Å². The summed E-state index contributed by atoms with van der Waals surface area (Å²) in [5, 5.41) is 12.3. The van der Waals surface area contributed by atoms with Gasteiger partial charge in [-0.15, -0.1) is 0 Å². The number of benzene rings is 2. The van der Waals surface area contributed by atoms with E-state index in [0.717, 1.165) is 59.5 Å². The molecule has 6 nitrogen and oxygen atoms in total. The van der Waals surface area contributed by atoms with Crippen molar-refractivity contribution in [1.82, 2.24) is 15.0 Å². The Morgan fingerprint density at radius 3 is 2.82 bits per heavy atom. The van der Waals surface area contributed by atoms with Crippen LogP contribution in [0.1, 0.15) is 31.2 Å². The fourth-order valence-corrected chi connectivity index (χ4v) is 4.74. The summed E-state index contributed by atoms with van der Waals surface area (Å²) < 4.78 is 5.96. The quantitative estimate of drug-likeness (QED) is 0.358. The number of aromatic nitrogens is 3. The third-order valence-electron chi connectivity index (χ3n) is 6.30. The lowest BCUT2D eigenvalue weighted by atomic mass is 9.86. The molecular weight excluding hydrogens is 436 g/mol. The minimum Gasteiger partial charge on any atom is -0.489 e. The maximum atomic E-state index is 10.7. The third-order valence-corrected chi connectivity index (χ3v) is 6.53. The molecule has 1 saturated carbocycles. The van der Waals surface area contributed by atoms with E-state index in [2.05, 4.69) is 32.0 Å². The van der Waals surface area contributed by atoms with E-state index in [4.69, 9.17) is 16.3 Å². The summed E-state index contributed by atoms with van der Waals surface area (Å²) in [5.74, 6) is 1.76. The second-order valence-electron chi connectivity index (χ2n) is 8.58. The highest BCUT2D eigenvalue weighted by Crippen LogP contribution is 2.34. The van der Waals surface area contributed by atoms with Crippen LogP contribution in [0, 0.1) is 5.92 Å². The molecule has 1 aliphatic carbocycles. The Balaban J connectivity index is 1.46. The number of aromatic amines is 1. The number of hydrogen-bond acceptors (Lipinski definition) is 5. The molecule has 4 aromatic rings. The van der Waals surface area contributed by atoms with E-state index >= 15 is 0 Å². The van der Waals surface area contributed by atoms with Gasteiger partial charge in [0.2, 0.25) is 0 Å². The summed E-state index contributed by atoms with van der Waals surface area (Å²) >= 11 is 6.08. The van der Waals surface area contributed by atoms with Gasteiger partial charge in [0.15, 0.2) is 0 Å². The average Bonchev–Trinajstić information content (AvgIpc) is 3.32. The van der Waals surface area contributed by atoms with Gasteiger partial charge in [0, 0.05) is 29.4 Å². The molecule has 33 heavy (non-hydrogen) atoms. The molecule has 2 heterocycles. The van der Waals surface area contributed by atoms with Crippen molar-refractivity contribution in [2.24, 2.45) is 5.92 Å². The molecule has 1 aliphatic rings. The summed E-state index contributed by atoms with van der Waals surface area (Å²) in [5.41, 5.74) is 2.86. The first-order valence-electron chi connectivity index (χ1n) is 11.4. The highest BCUT2D eigenvalue weighted by Gasteiger charge is 2.27. The van der Waals surface area contributed by atoms with E-state index in [1.165, 1.54) is 0 Å². The molecule has 1 fully saturated rings. The van der Waals surface area contributed by atoms with Crippen LogP contribution in [0.3, 0.4) is 0 Å². The second-order valence-corrected chi connectivity index (χ2v) is 9.01. The van der Waals surface area contributed by atoms with Crippen molar-refractivity contribution in [2.45, 2.75) is 38.4 Å². The van der Waals surface area contributed by atoms with Crippen molar-refractivity contribution in [3.8, 4) is 5.75 Å². The zero-order valence-corrected chi connectivity index (χ0v) is 19.1. The number of halogens is 1. The summed E-state index contributed by atoms with van der Waals surface area (Å²) in [6.45, 7) is 1.12. The van der Waals surface area contributed by atoms with Gasteiger partial charge < -0.3 is 19.7 Å². The fraction of sp³-hybridized carbons (Fsp3) is 0.308. The van der Waals surface area contributed by atoms with Crippen LogP contribution in [-0.2, 0) is 6.61 Å². The normalized spacial score (nSPS) is 18.4. The Hall–Kier alpha value is -3.09. The van der Waals surface area contributed by atoms with Crippen molar-refractivity contribution in [1.29, 1.82) is 0 Å². The Morgan fingerprint density at radius 2 is 1.94 bits per heavy atom. The Morgan fingerprint density at radius 1 is 1.06 bits per heavy atom. The number of H-pyrrole nitrogens is 1. The lowest BCUT2D eigenvalue weighted by Crippen LogP contribution is -2.35. The van der Waals surface area contributed by atoms with Crippen molar-refractivity contribution in [2.75, 3.05) is 11.4 Å². The van der Waals surface area contributed by atoms with Gasteiger partial charge in [-0.05, 0) is 54.8 Å². The van der Waals surface area contributed by atoms with Gasteiger partial charge in [0.25, 0.3) is 0 Å². The Kier molecular flexibility index (Phi) is 6.46. The molecule has 170 valence electrons. The molecule has 2 atom stereocenters. The summed E-state index contributed by atoms with van der Waals surface area (Å²) in [4.78, 5) is 14.4. The zero-order valence-electron chi connectivity index (χ0n) is 18.3. The van der Waals surface area contributed by atoms with E-state index in [0.29, 0.717) is 18.2 Å². The summed E-state index contributed by atoms with van der Waals surface area (Å²) in [6, 6.07) is 17.7. The number of nitrogens with zero attached hydrogens (tertiary/aromatic N) is 3. The van der Waals surface area contributed by atoms with Crippen LogP contribution >= 0.6 is 11.6 Å². The molecule has 2 aromatic carbocycles. The number of aliphatic hydroxyl groups excluding tert-OH is 1. The molecule has 2 unspecified atom stereocenters. The van der Waals surface area contributed by atoms with Gasteiger partial charge >= 0.3 is 0 Å². The van der Waals surface area contributed by atoms with Crippen LogP contribution < -0.4 is 9.64 Å². The van der Waals surface area contributed by atoms with Crippen molar-refractivity contribution in [3.63, 3.8) is 0 Å². The molecule has 0 radical (unpaired) electrons. The number of rotatable bonds is 7. The van der Waals surface area contributed by atoms with Crippen molar-refractivity contribution < 1.29 is 9.84 Å². The third kappa shape index (κ3) is 4.97. The topological polar surface area (TPSA) is 74.3 Å². The van der Waals surface area contributed by atoms with Crippen LogP contribution in [0.5, 0.6) is 5.75 Å².